The van der Waals surface area contributed by atoms with E-state index in [1.165, 1.54) is 7.11 Å². The molecule has 0 fully saturated rings. The van der Waals surface area contributed by atoms with Crippen LogP contribution in [0.3, 0.4) is 0 Å². The minimum atomic E-state index is -0.561. The number of hydrogen-bond acceptors (Lipinski definition) is 3. The van der Waals surface area contributed by atoms with E-state index in [4.69, 9.17) is 10.3 Å². The summed E-state index contributed by atoms with van der Waals surface area (Å²) in [4.78, 5) is 10.9. The topological polar surface area (TPSA) is 62.5 Å². The van der Waals surface area contributed by atoms with E-state index >= 15 is 0 Å². The van der Waals surface area contributed by atoms with E-state index in [1.807, 2.05) is 0 Å². The summed E-state index contributed by atoms with van der Waals surface area (Å²) in [6, 6.07) is 6.53. The zero-order chi connectivity index (χ0) is 8.97. The summed E-state index contributed by atoms with van der Waals surface area (Å²) in [6.45, 7) is 0. The fraction of sp³-hybridized carbons (Fsp3) is 0.125. The Morgan fingerprint density at radius 2 is 2.33 bits per heavy atom. The summed E-state index contributed by atoms with van der Waals surface area (Å²) in [6.07, 6.45) is 0. The highest BCUT2D eigenvalue weighted by Crippen LogP contribution is 2.12. The van der Waals surface area contributed by atoms with Crippen LogP contribution in [-0.2, 0) is 0 Å². The average molecular weight is 164 g/mol. The van der Waals surface area contributed by atoms with Crippen molar-refractivity contribution in [3.63, 3.8) is 0 Å². The highest BCUT2D eigenvalue weighted by atomic mass is 16.5. The van der Waals surface area contributed by atoms with Crippen LogP contribution in [0.5, 0.6) is 5.75 Å². The Morgan fingerprint density at radius 3 is 2.92 bits per heavy atom. The van der Waals surface area contributed by atoms with Crippen LogP contribution in [0.15, 0.2) is 29.4 Å². The standard InChI is InChI=1S/C8H8N2O2/c1-12-7-4-2-3-6(5-7)8(11)10-9/h2-5,9H,1H3. The molecule has 0 saturated heterocycles. The molecule has 0 aliphatic rings. The Bertz CT molecular complexity index is 310. The van der Waals surface area contributed by atoms with E-state index in [-0.39, 0.29) is 0 Å². The molecule has 1 N–H and O–H groups in total. The number of amides is 1. The molecule has 4 heteroatoms. The second-order valence-corrected chi connectivity index (χ2v) is 2.15. The van der Waals surface area contributed by atoms with Gasteiger partial charge in [-0.05, 0) is 18.2 Å². The molecule has 1 rings (SSSR count). The fourth-order valence-corrected chi connectivity index (χ4v) is 0.821. The number of benzene rings is 1. The first-order valence-electron chi connectivity index (χ1n) is 3.34. The van der Waals surface area contributed by atoms with E-state index < -0.39 is 5.91 Å². The SMILES string of the molecule is COc1cccc(C(=O)N=N)c1. The predicted octanol–water partition coefficient (Wildman–Crippen LogP) is 1.87. The van der Waals surface area contributed by atoms with E-state index in [0.29, 0.717) is 11.3 Å². The summed E-state index contributed by atoms with van der Waals surface area (Å²) < 4.78 is 4.89. The number of carbonyl (C=O) groups is 1. The normalized spacial score (nSPS) is 9.08. The van der Waals surface area contributed by atoms with Gasteiger partial charge in [-0.2, -0.15) is 0 Å². The van der Waals surface area contributed by atoms with Gasteiger partial charge >= 0.3 is 0 Å². The molecule has 0 unspecified atom stereocenters. The van der Waals surface area contributed by atoms with Crippen molar-refractivity contribution in [1.82, 2.24) is 0 Å². The van der Waals surface area contributed by atoms with E-state index in [9.17, 15) is 4.79 Å². The molecule has 1 aromatic rings. The molecule has 0 aliphatic carbocycles. The van der Waals surface area contributed by atoms with E-state index in [1.54, 1.807) is 24.3 Å². The summed E-state index contributed by atoms with van der Waals surface area (Å²) in [5.74, 6) is 0.0263. The predicted molar refractivity (Wildman–Crippen MR) is 42.5 cm³/mol. The van der Waals surface area contributed by atoms with Gasteiger partial charge in [-0.1, -0.05) is 6.07 Å². The van der Waals surface area contributed by atoms with Crippen molar-refractivity contribution >= 4 is 5.91 Å². The highest BCUT2D eigenvalue weighted by molar-refractivity contribution is 5.94. The number of carbonyl (C=O) groups excluding carboxylic acids is 1. The van der Waals surface area contributed by atoms with Gasteiger partial charge in [0.1, 0.15) is 5.75 Å². The van der Waals surface area contributed by atoms with Gasteiger partial charge < -0.3 is 4.74 Å². The number of ether oxygens (including phenoxy) is 1. The Balaban J connectivity index is 3.01. The Labute approximate surface area is 69.7 Å². The van der Waals surface area contributed by atoms with Gasteiger partial charge in [0.2, 0.25) is 0 Å². The van der Waals surface area contributed by atoms with Crippen LogP contribution in [0.1, 0.15) is 10.4 Å². The van der Waals surface area contributed by atoms with Gasteiger partial charge in [0.05, 0.1) is 7.11 Å². The van der Waals surface area contributed by atoms with Crippen LogP contribution in [-0.4, -0.2) is 13.0 Å². The van der Waals surface area contributed by atoms with E-state index in [0.717, 1.165) is 0 Å². The Hall–Kier alpha value is -1.71. The average Bonchev–Trinajstić information content (AvgIpc) is 2.17. The number of nitrogens with one attached hydrogen (secondary N) is 1. The molecule has 0 radical (unpaired) electrons. The summed E-state index contributed by atoms with van der Waals surface area (Å²) in [7, 11) is 1.52. The molecule has 1 amide bonds. The minimum Gasteiger partial charge on any atom is -0.497 e. The first-order valence-corrected chi connectivity index (χ1v) is 3.34. The van der Waals surface area contributed by atoms with Gasteiger partial charge in [-0.25, -0.2) is 5.53 Å². The lowest BCUT2D eigenvalue weighted by Gasteiger charge is -1.99. The van der Waals surface area contributed by atoms with Gasteiger partial charge in [-0.15, -0.1) is 5.11 Å². The van der Waals surface area contributed by atoms with Crippen LogP contribution in [0.2, 0.25) is 0 Å². The van der Waals surface area contributed by atoms with Crippen molar-refractivity contribution in [3.05, 3.63) is 29.8 Å². The lowest BCUT2D eigenvalue weighted by Crippen LogP contribution is -1.93. The zero-order valence-corrected chi connectivity index (χ0v) is 6.57. The Kier molecular flexibility index (Phi) is 2.53. The summed E-state index contributed by atoms with van der Waals surface area (Å²) in [5.41, 5.74) is 6.87. The third kappa shape index (κ3) is 1.66. The maximum Gasteiger partial charge on any atom is 0.294 e. The second kappa shape index (κ2) is 3.61. The summed E-state index contributed by atoms with van der Waals surface area (Å²) >= 11 is 0. The minimum absolute atomic E-state index is 0.365. The molecule has 1 aromatic carbocycles. The molecule has 0 heterocycles. The molecule has 0 spiro atoms. The molecule has 0 atom stereocenters. The number of nitrogens with zero attached hydrogens (tertiary/aromatic N) is 1. The van der Waals surface area contributed by atoms with Gasteiger partial charge in [0.25, 0.3) is 5.91 Å². The number of methoxy groups -OCH3 is 1. The lowest BCUT2D eigenvalue weighted by molar-refractivity contribution is 0.0990. The van der Waals surface area contributed by atoms with Crippen molar-refractivity contribution in [1.29, 1.82) is 5.53 Å². The first kappa shape index (κ1) is 8.39. The molecular formula is C8H8N2O2. The third-order valence-corrected chi connectivity index (χ3v) is 1.42. The van der Waals surface area contributed by atoms with Crippen LogP contribution in [0, 0.1) is 5.53 Å². The van der Waals surface area contributed by atoms with Crippen molar-refractivity contribution in [2.75, 3.05) is 7.11 Å². The van der Waals surface area contributed by atoms with Gasteiger partial charge in [-0.3, -0.25) is 4.79 Å². The highest BCUT2D eigenvalue weighted by Gasteiger charge is 2.03. The number of rotatable bonds is 2. The lowest BCUT2D eigenvalue weighted by atomic mass is 10.2. The van der Waals surface area contributed by atoms with Crippen LogP contribution in [0.25, 0.3) is 0 Å². The number of hydrogen-bond donors (Lipinski definition) is 1. The van der Waals surface area contributed by atoms with Crippen molar-refractivity contribution in [3.8, 4) is 5.75 Å². The fourth-order valence-electron chi connectivity index (χ4n) is 0.821. The third-order valence-electron chi connectivity index (χ3n) is 1.42. The first-order chi connectivity index (χ1) is 5.77. The van der Waals surface area contributed by atoms with Gasteiger partial charge in [0, 0.05) is 5.56 Å². The van der Waals surface area contributed by atoms with Crippen molar-refractivity contribution < 1.29 is 9.53 Å². The molecule has 12 heavy (non-hydrogen) atoms. The molecule has 0 saturated carbocycles. The second-order valence-electron chi connectivity index (χ2n) is 2.15. The molecular weight excluding hydrogens is 156 g/mol. The van der Waals surface area contributed by atoms with Crippen molar-refractivity contribution in [2.45, 2.75) is 0 Å². The van der Waals surface area contributed by atoms with Crippen LogP contribution in [0.4, 0.5) is 0 Å². The molecule has 62 valence electrons. The van der Waals surface area contributed by atoms with E-state index in [2.05, 4.69) is 5.11 Å². The maximum absolute atomic E-state index is 10.9. The largest absolute Gasteiger partial charge is 0.497 e. The monoisotopic (exact) mass is 164 g/mol. The van der Waals surface area contributed by atoms with Crippen LogP contribution < -0.4 is 4.74 Å². The Morgan fingerprint density at radius 1 is 1.58 bits per heavy atom. The van der Waals surface area contributed by atoms with Gasteiger partial charge in [0.15, 0.2) is 0 Å². The van der Waals surface area contributed by atoms with Crippen LogP contribution >= 0.6 is 0 Å². The maximum atomic E-state index is 10.9. The quantitative estimate of drug-likeness (QED) is 0.678. The molecule has 0 aliphatic heterocycles. The molecule has 0 aromatic heterocycles. The molecule has 0 bridgehead atoms. The summed E-state index contributed by atoms with van der Waals surface area (Å²) in [5, 5.41) is 2.79. The smallest absolute Gasteiger partial charge is 0.294 e. The molecule has 4 nitrogen and oxygen atoms in total. The zero-order valence-electron chi connectivity index (χ0n) is 6.57. The van der Waals surface area contributed by atoms with Crippen molar-refractivity contribution in [2.24, 2.45) is 5.11 Å².